The van der Waals surface area contributed by atoms with Crippen molar-refractivity contribution in [2.24, 2.45) is 0 Å². The number of amides is 1. The smallest absolute Gasteiger partial charge is 0.246 e. The first-order chi connectivity index (χ1) is 13.8. The number of carbonyl (C=O) groups is 1. The molecule has 0 radical (unpaired) electrons. The summed E-state index contributed by atoms with van der Waals surface area (Å²) in [5, 5.41) is 0. The van der Waals surface area contributed by atoms with Crippen molar-refractivity contribution in [2.45, 2.75) is 19.3 Å². The third-order valence-electron chi connectivity index (χ3n) is 5.40. The van der Waals surface area contributed by atoms with Gasteiger partial charge >= 0.3 is 0 Å². The molecule has 3 heterocycles. The number of benzene rings is 1. The molecule has 2 fully saturated rings. The average molecular weight is 377 g/mol. The van der Waals surface area contributed by atoms with Crippen LogP contribution in [-0.2, 0) is 4.79 Å². The van der Waals surface area contributed by atoms with E-state index in [4.69, 9.17) is 4.98 Å². The van der Waals surface area contributed by atoms with E-state index in [1.165, 1.54) is 19.3 Å². The Kier molecular flexibility index (Phi) is 5.85. The average Bonchev–Trinajstić information content (AvgIpc) is 2.79. The first-order valence-electron chi connectivity index (χ1n) is 10.1. The maximum absolute atomic E-state index is 12.5. The molecule has 2 saturated heterocycles. The van der Waals surface area contributed by atoms with Crippen LogP contribution in [0.15, 0.2) is 48.7 Å². The molecular weight excluding hydrogens is 350 g/mol. The van der Waals surface area contributed by atoms with Crippen LogP contribution in [0.5, 0.6) is 0 Å². The predicted octanol–water partition coefficient (Wildman–Crippen LogP) is 2.83. The van der Waals surface area contributed by atoms with E-state index in [1.807, 2.05) is 53.6 Å². The van der Waals surface area contributed by atoms with Crippen LogP contribution in [0.1, 0.15) is 24.8 Å². The van der Waals surface area contributed by atoms with Gasteiger partial charge in [0.05, 0.1) is 0 Å². The zero-order valence-corrected chi connectivity index (χ0v) is 16.2. The molecular formula is C22H27N5O. The van der Waals surface area contributed by atoms with Crippen molar-refractivity contribution in [2.75, 3.05) is 49.1 Å². The Bertz CT molecular complexity index is 809. The molecule has 0 unspecified atom stereocenters. The summed E-state index contributed by atoms with van der Waals surface area (Å²) < 4.78 is 0. The lowest BCUT2D eigenvalue weighted by Crippen LogP contribution is -2.48. The highest BCUT2D eigenvalue weighted by molar-refractivity contribution is 5.91. The van der Waals surface area contributed by atoms with Gasteiger partial charge in [0.15, 0.2) is 0 Å². The molecule has 0 bridgehead atoms. The summed E-state index contributed by atoms with van der Waals surface area (Å²) in [6, 6.07) is 11.9. The fourth-order valence-electron chi connectivity index (χ4n) is 3.75. The zero-order chi connectivity index (χ0) is 19.2. The molecule has 1 aromatic carbocycles. The zero-order valence-electron chi connectivity index (χ0n) is 16.2. The molecule has 2 aliphatic rings. The molecule has 2 aromatic rings. The molecule has 0 N–H and O–H groups in total. The number of aromatic nitrogens is 2. The number of nitrogens with zero attached hydrogens (tertiary/aromatic N) is 5. The second-order valence-corrected chi connectivity index (χ2v) is 7.32. The Hall–Kier alpha value is -2.89. The lowest BCUT2D eigenvalue weighted by atomic mass is 10.1. The molecule has 146 valence electrons. The highest BCUT2D eigenvalue weighted by Crippen LogP contribution is 2.20. The van der Waals surface area contributed by atoms with Gasteiger partial charge in [0.1, 0.15) is 5.82 Å². The van der Waals surface area contributed by atoms with Gasteiger partial charge in [0.2, 0.25) is 11.9 Å². The van der Waals surface area contributed by atoms with Gasteiger partial charge in [-0.25, -0.2) is 4.98 Å². The first-order valence-corrected chi connectivity index (χ1v) is 10.1. The third kappa shape index (κ3) is 4.50. The number of piperazine rings is 1. The van der Waals surface area contributed by atoms with E-state index < -0.39 is 0 Å². The van der Waals surface area contributed by atoms with Crippen LogP contribution in [-0.4, -0.2) is 60.0 Å². The standard InChI is InChI=1S/C22H27N5O/c28-21(10-9-19-7-3-1-4-8-19)26-17-15-25(16-18-26)20-11-12-23-22(24-20)27-13-5-2-6-14-27/h1,3-4,7-12H,2,5-6,13-18H2/b10-9+. The Morgan fingerprint density at radius 3 is 2.36 bits per heavy atom. The Morgan fingerprint density at radius 1 is 0.857 bits per heavy atom. The second kappa shape index (κ2) is 8.87. The number of carbonyl (C=O) groups excluding carboxylic acids is 1. The summed E-state index contributed by atoms with van der Waals surface area (Å²) in [6.45, 7) is 5.09. The molecule has 0 saturated carbocycles. The van der Waals surface area contributed by atoms with Crippen molar-refractivity contribution in [3.63, 3.8) is 0 Å². The van der Waals surface area contributed by atoms with Gasteiger partial charge in [0.25, 0.3) is 0 Å². The molecule has 0 aliphatic carbocycles. The molecule has 0 spiro atoms. The van der Waals surface area contributed by atoms with Crippen LogP contribution < -0.4 is 9.80 Å². The lowest BCUT2D eigenvalue weighted by molar-refractivity contribution is -0.126. The monoisotopic (exact) mass is 377 g/mol. The minimum atomic E-state index is 0.0696. The van der Waals surface area contributed by atoms with E-state index in [1.54, 1.807) is 6.08 Å². The molecule has 4 rings (SSSR count). The van der Waals surface area contributed by atoms with Crippen molar-refractivity contribution in [3.8, 4) is 0 Å². The van der Waals surface area contributed by atoms with Crippen LogP contribution in [0, 0.1) is 0 Å². The molecule has 28 heavy (non-hydrogen) atoms. The quantitative estimate of drug-likeness (QED) is 0.767. The van der Waals surface area contributed by atoms with E-state index in [9.17, 15) is 4.79 Å². The molecule has 1 aromatic heterocycles. The number of hydrogen-bond acceptors (Lipinski definition) is 5. The highest BCUT2D eigenvalue weighted by atomic mass is 16.2. The summed E-state index contributed by atoms with van der Waals surface area (Å²) in [6.07, 6.45) is 9.13. The maximum Gasteiger partial charge on any atom is 0.246 e. The number of anilines is 2. The minimum absolute atomic E-state index is 0.0696. The van der Waals surface area contributed by atoms with Crippen molar-refractivity contribution < 1.29 is 4.79 Å². The fourth-order valence-corrected chi connectivity index (χ4v) is 3.75. The van der Waals surface area contributed by atoms with E-state index in [0.29, 0.717) is 13.1 Å². The Balaban J connectivity index is 1.34. The lowest BCUT2D eigenvalue weighted by Gasteiger charge is -2.35. The van der Waals surface area contributed by atoms with Crippen molar-refractivity contribution in [3.05, 3.63) is 54.2 Å². The van der Waals surface area contributed by atoms with Gasteiger partial charge in [0, 0.05) is 51.5 Å². The number of rotatable bonds is 4. The molecule has 2 aliphatic heterocycles. The van der Waals surface area contributed by atoms with Gasteiger partial charge in [-0.05, 0) is 37.0 Å². The van der Waals surface area contributed by atoms with Gasteiger partial charge in [-0.15, -0.1) is 0 Å². The molecule has 1 amide bonds. The van der Waals surface area contributed by atoms with Crippen LogP contribution in [0.3, 0.4) is 0 Å². The van der Waals surface area contributed by atoms with Crippen molar-refractivity contribution in [1.29, 1.82) is 0 Å². The topological polar surface area (TPSA) is 52.6 Å². The molecule has 0 atom stereocenters. The third-order valence-corrected chi connectivity index (χ3v) is 5.40. The van der Waals surface area contributed by atoms with Crippen LogP contribution >= 0.6 is 0 Å². The van der Waals surface area contributed by atoms with E-state index in [2.05, 4.69) is 14.8 Å². The summed E-state index contributed by atoms with van der Waals surface area (Å²) >= 11 is 0. The number of piperidine rings is 1. The number of hydrogen-bond donors (Lipinski definition) is 0. The second-order valence-electron chi connectivity index (χ2n) is 7.32. The SMILES string of the molecule is O=C(/C=C/c1ccccc1)N1CCN(c2ccnc(N3CCCCC3)n2)CC1. The van der Waals surface area contributed by atoms with E-state index in [-0.39, 0.29) is 5.91 Å². The van der Waals surface area contributed by atoms with Gasteiger partial charge in [-0.1, -0.05) is 30.3 Å². The largest absolute Gasteiger partial charge is 0.353 e. The molecule has 6 nitrogen and oxygen atoms in total. The van der Waals surface area contributed by atoms with Crippen LogP contribution in [0.2, 0.25) is 0 Å². The Morgan fingerprint density at radius 2 is 1.61 bits per heavy atom. The summed E-state index contributed by atoms with van der Waals surface area (Å²) in [5.74, 6) is 1.86. The normalized spacial score (nSPS) is 17.9. The molecule has 6 heteroatoms. The van der Waals surface area contributed by atoms with Gasteiger partial charge < -0.3 is 14.7 Å². The van der Waals surface area contributed by atoms with Gasteiger partial charge in [-0.3, -0.25) is 4.79 Å². The first kappa shape index (κ1) is 18.5. The van der Waals surface area contributed by atoms with Crippen molar-refractivity contribution >= 4 is 23.7 Å². The highest BCUT2D eigenvalue weighted by Gasteiger charge is 2.22. The minimum Gasteiger partial charge on any atom is -0.353 e. The summed E-state index contributed by atoms with van der Waals surface area (Å²) in [4.78, 5) is 28.2. The summed E-state index contributed by atoms with van der Waals surface area (Å²) in [5.41, 5.74) is 1.04. The van der Waals surface area contributed by atoms with Crippen LogP contribution in [0.25, 0.3) is 6.08 Å². The van der Waals surface area contributed by atoms with E-state index >= 15 is 0 Å². The van der Waals surface area contributed by atoms with Gasteiger partial charge in [-0.2, -0.15) is 4.98 Å². The Labute approximate surface area is 166 Å². The maximum atomic E-state index is 12.5. The van der Waals surface area contributed by atoms with E-state index in [0.717, 1.165) is 43.5 Å². The van der Waals surface area contributed by atoms with Crippen molar-refractivity contribution in [1.82, 2.24) is 14.9 Å². The fraction of sp³-hybridized carbons (Fsp3) is 0.409. The summed E-state index contributed by atoms with van der Waals surface area (Å²) in [7, 11) is 0. The predicted molar refractivity (Wildman–Crippen MR) is 112 cm³/mol. The van der Waals surface area contributed by atoms with Crippen LogP contribution in [0.4, 0.5) is 11.8 Å².